The number of thiazole rings is 1. The van der Waals surface area contributed by atoms with E-state index in [1.165, 1.54) is 0 Å². The van der Waals surface area contributed by atoms with Crippen LogP contribution < -0.4 is 5.32 Å². The average Bonchev–Trinajstić information content (AvgIpc) is 2.93. The molecule has 0 saturated carbocycles. The van der Waals surface area contributed by atoms with Crippen LogP contribution >= 0.6 is 11.3 Å². The molecule has 3 nitrogen and oxygen atoms in total. The van der Waals surface area contributed by atoms with Crippen molar-refractivity contribution in [2.75, 3.05) is 0 Å². The van der Waals surface area contributed by atoms with Crippen LogP contribution in [0.4, 0.5) is 0 Å². The van der Waals surface area contributed by atoms with Gasteiger partial charge in [-0.2, -0.15) is 0 Å². The summed E-state index contributed by atoms with van der Waals surface area (Å²) in [5.74, 6) is 0.175. The second-order valence-electron chi connectivity index (χ2n) is 5.41. The van der Waals surface area contributed by atoms with E-state index in [-0.39, 0.29) is 17.9 Å². The minimum absolute atomic E-state index is 0.0257. The van der Waals surface area contributed by atoms with Crippen LogP contribution in [0.2, 0.25) is 0 Å². The summed E-state index contributed by atoms with van der Waals surface area (Å²) in [6.07, 6.45) is 0.862. The molecule has 2 aromatic rings. The first kappa shape index (κ1) is 15.7. The summed E-state index contributed by atoms with van der Waals surface area (Å²) >= 11 is 1.66. The Bertz CT molecular complexity index is 604. The minimum atomic E-state index is 0.0257. The molecule has 1 N–H and O–H groups in total. The van der Waals surface area contributed by atoms with Crippen molar-refractivity contribution in [3.05, 3.63) is 40.2 Å². The number of carbonyl (C=O) groups excluding carboxylic acids is 1. The number of aromatic nitrogens is 1. The van der Waals surface area contributed by atoms with Gasteiger partial charge < -0.3 is 5.32 Å². The van der Waals surface area contributed by atoms with Gasteiger partial charge in [-0.3, -0.25) is 4.79 Å². The summed E-state index contributed by atoms with van der Waals surface area (Å²) < 4.78 is 0. The van der Waals surface area contributed by atoms with Crippen molar-refractivity contribution in [1.82, 2.24) is 10.3 Å². The molecule has 0 radical (unpaired) electrons. The highest BCUT2D eigenvalue weighted by molar-refractivity contribution is 7.09. The Morgan fingerprint density at radius 2 is 1.95 bits per heavy atom. The molecule has 1 aromatic heterocycles. The van der Waals surface area contributed by atoms with E-state index in [9.17, 15) is 4.79 Å². The Hall–Kier alpha value is -1.68. The van der Waals surface area contributed by atoms with Crippen molar-refractivity contribution in [2.45, 2.75) is 40.2 Å². The van der Waals surface area contributed by atoms with E-state index in [2.05, 4.69) is 39.9 Å². The summed E-state index contributed by atoms with van der Waals surface area (Å²) in [5, 5.41) is 6.20. The lowest BCUT2D eigenvalue weighted by molar-refractivity contribution is -0.125. The van der Waals surface area contributed by atoms with Gasteiger partial charge in [0.2, 0.25) is 5.91 Å². The zero-order chi connectivity index (χ0) is 15.4. The SMILES string of the molecule is CC[C@H](C)C(=O)N[C@H](C)c1ccc(-c2csc(C)n2)cc1. The van der Waals surface area contributed by atoms with Crippen LogP contribution in [0.15, 0.2) is 29.6 Å². The van der Waals surface area contributed by atoms with Gasteiger partial charge in [0.05, 0.1) is 16.7 Å². The van der Waals surface area contributed by atoms with Gasteiger partial charge in [0.25, 0.3) is 0 Å². The molecule has 0 fully saturated rings. The number of hydrogen-bond donors (Lipinski definition) is 1. The van der Waals surface area contributed by atoms with Gasteiger partial charge in [-0.1, -0.05) is 38.1 Å². The average molecular weight is 302 g/mol. The van der Waals surface area contributed by atoms with Crippen LogP contribution in [0.3, 0.4) is 0 Å². The first-order valence-electron chi connectivity index (χ1n) is 7.34. The second-order valence-corrected chi connectivity index (χ2v) is 6.48. The Kier molecular flexibility index (Phi) is 5.12. The summed E-state index contributed by atoms with van der Waals surface area (Å²) in [4.78, 5) is 16.4. The normalized spacial score (nSPS) is 13.7. The molecule has 0 aliphatic carbocycles. The molecule has 1 amide bonds. The van der Waals surface area contributed by atoms with E-state index in [1.54, 1.807) is 11.3 Å². The van der Waals surface area contributed by atoms with Gasteiger partial charge in [0.1, 0.15) is 0 Å². The van der Waals surface area contributed by atoms with Crippen molar-refractivity contribution < 1.29 is 4.79 Å². The number of amides is 1. The van der Waals surface area contributed by atoms with Crippen molar-refractivity contribution in [2.24, 2.45) is 5.92 Å². The van der Waals surface area contributed by atoms with Crippen LogP contribution in [0.1, 0.15) is 43.8 Å². The maximum atomic E-state index is 11.9. The molecule has 0 saturated heterocycles. The van der Waals surface area contributed by atoms with Crippen LogP contribution in [0, 0.1) is 12.8 Å². The van der Waals surface area contributed by atoms with E-state index in [0.717, 1.165) is 28.2 Å². The zero-order valence-corrected chi connectivity index (χ0v) is 13.8. The number of benzene rings is 1. The molecule has 0 spiro atoms. The highest BCUT2D eigenvalue weighted by Crippen LogP contribution is 2.23. The lowest BCUT2D eigenvalue weighted by atomic mass is 10.0. The van der Waals surface area contributed by atoms with Gasteiger partial charge in [0, 0.05) is 16.9 Å². The standard InChI is InChI=1S/C17H22N2OS/c1-5-11(2)17(20)18-12(3)14-6-8-15(9-7-14)16-10-21-13(4)19-16/h6-12H,5H2,1-4H3,(H,18,20)/t11-,12+/m0/s1. The molecule has 0 aliphatic heterocycles. The maximum absolute atomic E-state index is 11.9. The number of hydrogen-bond acceptors (Lipinski definition) is 3. The molecular formula is C17H22N2OS. The highest BCUT2D eigenvalue weighted by atomic mass is 32.1. The predicted molar refractivity (Wildman–Crippen MR) is 88.3 cm³/mol. The molecule has 2 atom stereocenters. The Morgan fingerprint density at radius 3 is 2.48 bits per heavy atom. The summed E-state index contributed by atoms with van der Waals surface area (Å²) in [5.41, 5.74) is 3.24. The van der Waals surface area contributed by atoms with Crippen molar-refractivity contribution in [3.8, 4) is 11.3 Å². The number of nitrogens with zero attached hydrogens (tertiary/aromatic N) is 1. The van der Waals surface area contributed by atoms with E-state index < -0.39 is 0 Å². The van der Waals surface area contributed by atoms with E-state index in [1.807, 2.05) is 27.7 Å². The van der Waals surface area contributed by atoms with Crippen molar-refractivity contribution in [3.63, 3.8) is 0 Å². The Morgan fingerprint density at radius 1 is 1.29 bits per heavy atom. The molecule has 4 heteroatoms. The molecule has 0 bridgehead atoms. The molecule has 21 heavy (non-hydrogen) atoms. The summed E-state index contributed by atoms with van der Waals surface area (Å²) in [6.45, 7) is 8.01. The highest BCUT2D eigenvalue weighted by Gasteiger charge is 2.14. The second kappa shape index (κ2) is 6.85. The third kappa shape index (κ3) is 3.91. The number of aryl methyl sites for hydroxylation is 1. The number of nitrogens with one attached hydrogen (secondary N) is 1. The molecule has 1 aromatic carbocycles. The Balaban J connectivity index is 2.06. The fraction of sp³-hybridized carbons (Fsp3) is 0.412. The fourth-order valence-corrected chi connectivity index (χ4v) is 2.68. The van der Waals surface area contributed by atoms with Gasteiger partial charge in [0.15, 0.2) is 0 Å². The molecule has 0 aliphatic rings. The first-order chi connectivity index (χ1) is 10.0. The predicted octanol–water partition coefficient (Wildman–Crippen LogP) is 4.34. The van der Waals surface area contributed by atoms with E-state index in [4.69, 9.17) is 0 Å². The first-order valence-corrected chi connectivity index (χ1v) is 8.22. The van der Waals surface area contributed by atoms with Gasteiger partial charge in [-0.15, -0.1) is 11.3 Å². The van der Waals surface area contributed by atoms with Crippen LogP contribution in [0.25, 0.3) is 11.3 Å². The molecule has 112 valence electrons. The quantitative estimate of drug-likeness (QED) is 0.892. The monoisotopic (exact) mass is 302 g/mol. The van der Waals surface area contributed by atoms with Gasteiger partial charge >= 0.3 is 0 Å². The third-order valence-corrected chi connectivity index (χ3v) is 4.52. The maximum Gasteiger partial charge on any atom is 0.223 e. The van der Waals surface area contributed by atoms with Crippen LogP contribution in [-0.4, -0.2) is 10.9 Å². The lowest BCUT2D eigenvalue weighted by Gasteiger charge is -2.17. The Labute approximate surface area is 130 Å². The number of rotatable bonds is 5. The smallest absolute Gasteiger partial charge is 0.223 e. The largest absolute Gasteiger partial charge is 0.349 e. The molecule has 0 unspecified atom stereocenters. The third-order valence-electron chi connectivity index (χ3n) is 3.74. The van der Waals surface area contributed by atoms with Crippen LogP contribution in [-0.2, 0) is 4.79 Å². The molecular weight excluding hydrogens is 280 g/mol. The minimum Gasteiger partial charge on any atom is -0.349 e. The summed E-state index contributed by atoms with van der Waals surface area (Å²) in [6, 6.07) is 8.28. The van der Waals surface area contributed by atoms with Gasteiger partial charge in [-0.25, -0.2) is 4.98 Å². The van der Waals surface area contributed by atoms with Crippen molar-refractivity contribution in [1.29, 1.82) is 0 Å². The van der Waals surface area contributed by atoms with E-state index >= 15 is 0 Å². The topological polar surface area (TPSA) is 42.0 Å². The molecule has 1 heterocycles. The van der Waals surface area contributed by atoms with Crippen LogP contribution in [0.5, 0.6) is 0 Å². The number of carbonyl (C=O) groups is 1. The molecule has 2 rings (SSSR count). The van der Waals surface area contributed by atoms with Crippen molar-refractivity contribution >= 4 is 17.2 Å². The van der Waals surface area contributed by atoms with E-state index in [0.29, 0.717) is 0 Å². The van der Waals surface area contributed by atoms with Gasteiger partial charge in [-0.05, 0) is 25.8 Å². The zero-order valence-electron chi connectivity index (χ0n) is 13.0. The summed E-state index contributed by atoms with van der Waals surface area (Å²) in [7, 11) is 0. The lowest BCUT2D eigenvalue weighted by Crippen LogP contribution is -2.31. The fourth-order valence-electron chi connectivity index (χ4n) is 2.06.